The van der Waals surface area contributed by atoms with E-state index in [1.807, 2.05) is 0 Å². The number of ether oxygens (including phenoxy) is 2. The molecule has 1 aromatic rings. The van der Waals surface area contributed by atoms with Gasteiger partial charge in [0.05, 0.1) is 0 Å². The van der Waals surface area contributed by atoms with Gasteiger partial charge in [0.2, 0.25) is 5.60 Å². The third kappa shape index (κ3) is 3.10. The minimum atomic E-state index is -1.97. The largest absolute Gasteiger partial charge is 0.479 e. The number of hydrogen-bond donors (Lipinski definition) is 2. The average Bonchev–Trinajstić information content (AvgIpc) is 2.38. The van der Waals surface area contributed by atoms with Crippen molar-refractivity contribution in [1.29, 1.82) is 0 Å². The molecule has 104 valence electrons. The van der Waals surface area contributed by atoms with E-state index in [9.17, 15) is 14.7 Å². The van der Waals surface area contributed by atoms with Crippen molar-refractivity contribution in [3.63, 3.8) is 0 Å². The van der Waals surface area contributed by atoms with Crippen LogP contribution in [0.25, 0.3) is 0 Å². The van der Waals surface area contributed by atoms with E-state index in [1.165, 1.54) is 0 Å². The summed E-state index contributed by atoms with van der Waals surface area (Å²) in [6, 6.07) is 8.65. The van der Waals surface area contributed by atoms with Crippen molar-refractivity contribution in [2.24, 2.45) is 0 Å². The molecule has 6 heteroatoms. The molecule has 0 radical (unpaired) electrons. The third-order valence-corrected chi connectivity index (χ3v) is 2.92. The Balaban J connectivity index is 3.19. The number of benzene rings is 1. The highest BCUT2D eigenvalue weighted by Crippen LogP contribution is 2.24. The van der Waals surface area contributed by atoms with E-state index in [0.717, 1.165) is 14.2 Å². The second-order valence-corrected chi connectivity index (χ2v) is 4.02. The molecule has 0 saturated carbocycles. The first-order valence-electron chi connectivity index (χ1n) is 5.56. The standard InChI is InChI=1S/C13H16O6/c1-18-10(11(14)15)13(19-2,12(16)17)8-9-6-4-3-5-7-9/h3-7,10H,8H2,1-2H3,(H,14,15)(H,16,17). The highest BCUT2D eigenvalue weighted by Gasteiger charge is 2.51. The van der Waals surface area contributed by atoms with Crippen LogP contribution in [-0.4, -0.2) is 48.1 Å². The molecule has 0 fully saturated rings. The quantitative estimate of drug-likeness (QED) is 0.759. The van der Waals surface area contributed by atoms with Crippen LogP contribution in [0.2, 0.25) is 0 Å². The van der Waals surface area contributed by atoms with Crippen molar-refractivity contribution in [2.45, 2.75) is 18.1 Å². The topological polar surface area (TPSA) is 93.1 Å². The molecule has 0 aliphatic rings. The first kappa shape index (κ1) is 15.1. The van der Waals surface area contributed by atoms with E-state index in [-0.39, 0.29) is 6.42 Å². The van der Waals surface area contributed by atoms with Gasteiger partial charge in [0.1, 0.15) is 0 Å². The van der Waals surface area contributed by atoms with Crippen molar-refractivity contribution >= 4 is 11.9 Å². The molecule has 0 aliphatic carbocycles. The monoisotopic (exact) mass is 268 g/mol. The number of carboxylic acid groups (broad SMARTS) is 2. The van der Waals surface area contributed by atoms with Crippen LogP contribution in [-0.2, 0) is 25.5 Å². The second kappa shape index (κ2) is 6.31. The van der Waals surface area contributed by atoms with Crippen LogP contribution in [0, 0.1) is 0 Å². The summed E-state index contributed by atoms with van der Waals surface area (Å²) in [4.78, 5) is 22.7. The van der Waals surface area contributed by atoms with Crippen LogP contribution in [0.5, 0.6) is 0 Å². The van der Waals surface area contributed by atoms with E-state index < -0.39 is 23.6 Å². The van der Waals surface area contributed by atoms with Crippen LogP contribution in [0.3, 0.4) is 0 Å². The van der Waals surface area contributed by atoms with E-state index in [4.69, 9.17) is 14.6 Å². The van der Waals surface area contributed by atoms with Crippen molar-refractivity contribution in [3.8, 4) is 0 Å². The SMILES string of the molecule is COC(C(=O)O)C(Cc1ccccc1)(OC)C(=O)O. The minimum absolute atomic E-state index is 0.107. The van der Waals surface area contributed by atoms with E-state index in [0.29, 0.717) is 5.56 Å². The molecule has 0 heterocycles. The van der Waals surface area contributed by atoms with E-state index >= 15 is 0 Å². The Morgan fingerprint density at radius 1 is 1.21 bits per heavy atom. The fraction of sp³-hybridized carbons (Fsp3) is 0.385. The molecule has 0 saturated heterocycles. The molecular weight excluding hydrogens is 252 g/mol. The molecular formula is C13H16O6. The summed E-state index contributed by atoms with van der Waals surface area (Å²) in [5.74, 6) is -2.77. The Morgan fingerprint density at radius 2 is 1.79 bits per heavy atom. The maximum Gasteiger partial charge on any atom is 0.339 e. The molecule has 0 aliphatic heterocycles. The smallest absolute Gasteiger partial charge is 0.339 e. The Hall–Kier alpha value is -1.92. The molecule has 1 aromatic carbocycles. The highest BCUT2D eigenvalue weighted by molar-refractivity contribution is 5.88. The summed E-state index contributed by atoms with van der Waals surface area (Å²) < 4.78 is 9.81. The van der Waals surface area contributed by atoms with Crippen LogP contribution in [0.15, 0.2) is 30.3 Å². The van der Waals surface area contributed by atoms with Gasteiger partial charge in [0.25, 0.3) is 0 Å². The molecule has 6 nitrogen and oxygen atoms in total. The molecule has 19 heavy (non-hydrogen) atoms. The molecule has 2 N–H and O–H groups in total. The fourth-order valence-corrected chi connectivity index (χ4v) is 1.94. The summed E-state index contributed by atoms with van der Waals surface area (Å²) in [5.41, 5.74) is -1.32. The zero-order chi connectivity index (χ0) is 14.5. The molecule has 0 bridgehead atoms. The zero-order valence-electron chi connectivity index (χ0n) is 10.7. The number of hydrogen-bond acceptors (Lipinski definition) is 4. The molecule has 1 rings (SSSR count). The van der Waals surface area contributed by atoms with Crippen LogP contribution >= 0.6 is 0 Å². The summed E-state index contributed by atoms with van der Waals surface area (Å²) >= 11 is 0. The predicted octanol–water partition coefficient (Wildman–Crippen LogP) is 0.798. The van der Waals surface area contributed by atoms with Crippen molar-refractivity contribution in [1.82, 2.24) is 0 Å². The summed E-state index contributed by atoms with van der Waals surface area (Å²) in [5, 5.41) is 18.5. The molecule has 2 atom stereocenters. The first-order chi connectivity index (χ1) is 8.97. The maximum atomic E-state index is 11.5. The molecule has 0 amide bonds. The number of rotatable bonds is 7. The van der Waals surface area contributed by atoms with Crippen LogP contribution in [0.4, 0.5) is 0 Å². The van der Waals surface area contributed by atoms with Gasteiger partial charge >= 0.3 is 11.9 Å². The maximum absolute atomic E-state index is 11.5. The van der Waals surface area contributed by atoms with Crippen molar-refractivity contribution in [2.75, 3.05) is 14.2 Å². The highest BCUT2D eigenvalue weighted by atomic mass is 16.6. The Labute approximate surface area is 110 Å². The van der Waals surface area contributed by atoms with Crippen LogP contribution < -0.4 is 0 Å². The van der Waals surface area contributed by atoms with Crippen molar-refractivity contribution in [3.05, 3.63) is 35.9 Å². The van der Waals surface area contributed by atoms with Gasteiger partial charge in [-0.2, -0.15) is 0 Å². The van der Waals surface area contributed by atoms with Gasteiger partial charge in [-0.25, -0.2) is 9.59 Å². The summed E-state index contributed by atoms with van der Waals surface area (Å²) in [6.07, 6.45) is -1.71. The predicted molar refractivity (Wildman–Crippen MR) is 66.0 cm³/mol. The average molecular weight is 268 g/mol. The number of carbonyl (C=O) groups is 2. The lowest BCUT2D eigenvalue weighted by atomic mass is 9.88. The van der Waals surface area contributed by atoms with Gasteiger partial charge in [0, 0.05) is 20.6 Å². The minimum Gasteiger partial charge on any atom is -0.479 e. The lowest BCUT2D eigenvalue weighted by molar-refractivity contribution is -0.192. The first-order valence-corrected chi connectivity index (χ1v) is 5.56. The van der Waals surface area contributed by atoms with Gasteiger partial charge in [-0.05, 0) is 5.56 Å². The third-order valence-electron chi connectivity index (χ3n) is 2.92. The molecule has 2 unspecified atom stereocenters. The summed E-state index contributed by atoms with van der Waals surface area (Å²) in [6.45, 7) is 0. The van der Waals surface area contributed by atoms with Gasteiger partial charge < -0.3 is 19.7 Å². The Morgan fingerprint density at radius 3 is 2.16 bits per heavy atom. The number of carboxylic acids is 2. The van der Waals surface area contributed by atoms with Gasteiger partial charge in [0.15, 0.2) is 6.10 Å². The summed E-state index contributed by atoms with van der Waals surface area (Å²) in [7, 11) is 2.30. The fourth-order valence-electron chi connectivity index (χ4n) is 1.94. The number of aliphatic carboxylic acids is 2. The zero-order valence-corrected chi connectivity index (χ0v) is 10.7. The Kier molecular flexibility index (Phi) is 5.02. The van der Waals surface area contributed by atoms with Gasteiger partial charge in [-0.15, -0.1) is 0 Å². The second-order valence-electron chi connectivity index (χ2n) is 4.02. The van der Waals surface area contributed by atoms with Crippen molar-refractivity contribution < 1.29 is 29.3 Å². The lowest BCUT2D eigenvalue weighted by Crippen LogP contribution is -2.57. The molecule has 0 spiro atoms. The molecule has 0 aromatic heterocycles. The lowest BCUT2D eigenvalue weighted by Gasteiger charge is -2.32. The normalized spacial score (nSPS) is 15.5. The number of methoxy groups -OCH3 is 2. The van der Waals surface area contributed by atoms with Gasteiger partial charge in [-0.3, -0.25) is 0 Å². The van der Waals surface area contributed by atoms with E-state index in [2.05, 4.69) is 0 Å². The van der Waals surface area contributed by atoms with Gasteiger partial charge in [-0.1, -0.05) is 30.3 Å². The van der Waals surface area contributed by atoms with Crippen LogP contribution in [0.1, 0.15) is 5.56 Å². The van der Waals surface area contributed by atoms with E-state index in [1.54, 1.807) is 30.3 Å². The Bertz CT molecular complexity index is 444.